The van der Waals surface area contributed by atoms with Gasteiger partial charge in [-0.05, 0) is 18.6 Å². The highest BCUT2D eigenvalue weighted by Crippen LogP contribution is 2.23. The fourth-order valence-electron chi connectivity index (χ4n) is 1.52. The van der Waals surface area contributed by atoms with E-state index in [0.29, 0.717) is 5.69 Å². The topological polar surface area (TPSA) is 82.0 Å². The monoisotopic (exact) mass is 201 g/mol. The fraction of sp³-hybridized carbons (Fsp3) is 0.0909. The van der Waals surface area contributed by atoms with Gasteiger partial charge in [-0.25, -0.2) is 0 Å². The summed E-state index contributed by atoms with van der Waals surface area (Å²) < 4.78 is 0. The Morgan fingerprint density at radius 2 is 2.13 bits per heavy atom. The minimum Gasteiger partial charge on any atom is -0.397 e. The molecule has 1 heterocycles. The Morgan fingerprint density at radius 1 is 1.40 bits per heavy atom. The number of hydrogen-bond acceptors (Lipinski definition) is 3. The molecule has 0 aliphatic rings. The van der Waals surface area contributed by atoms with Crippen molar-refractivity contribution in [2.75, 3.05) is 5.73 Å². The Bertz CT molecular complexity index is 549. The highest BCUT2D eigenvalue weighted by Gasteiger charge is 2.09. The Balaban J connectivity index is 2.80. The number of pyridine rings is 1. The zero-order valence-corrected chi connectivity index (χ0v) is 8.32. The molecule has 0 fully saturated rings. The Labute approximate surface area is 86.9 Å². The summed E-state index contributed by atoms with van der Waals surface area (Å²) in [5.41, 5.74) is 13.5. The second-order valence-corrected chi connectivity index (χ2v) is 3.47. The van der Waals surface area contributed by atoms with Crippen LogP contribution in [0, 0.1) is 6.92 Å². The van der Waals surface area contributed by atoms with E-state index in [-0.39, 0.29) is 5.56 Å². The van der Waals surface area contributed by atoms with Crippen LogP contribution in [0.4, 0.5) is 5.69 Å². The molecular formula is C11H11N3O. The largest absolute Gasteiger partial charge is 0.397 e. The molecule has 4 heteroatoms. The molecule has 1 aromatic carbocycles. The van der Waals surface area contributed by atoms with Gasteiger partial charge in [-0.2, -0.15) is 0 Å². The van der Waals surface area contributed by atoms with E-state index >= 15 is 0 Å². The number of nitrogens with two attached hydrogens (primary N) is 2. The van der Waals surface area contributed by atoms with E-state index in [2.05, 4.69) is 4.98 Å². The third-order valence-corrected chi connectivity index (χ3v) is 2.33. The van der Waals surface area contributed by atoms with Gasteiger partial charge in [-0.15, -0.1) is 0 Å². The van der Waals surface area contributed by atoms with Crippen LogP contribution in [-0.4, -0.2) is 10.9 Å². The lowest BCUT2D eigenvalue weighted by atomic mass is 10.1. The van der Waals surface area contributed by atoms with Gasteiger partial charge < -0.3 is 11.5 Å². The highest BCUT2D eigenvalue weighted by molar-refractivity contribution is 6.05. The molecule has 2 aromatic rings. The van der Waals surface area contributed by atoms with Gasteiger partial charge in [0.25, 0.3) is 5.91 Å². The number of carbonyl (C=O) groups is 1. The molecule has 0 saturated carbocycles. The summed E-state index contributed by atoms with van der Waals surface area (Å²) in [4.78, 5) is 15.2. The molecule has 4 nitrogen and oxygen atoms in total. The first-order valence-corrected chi connectivity index (χ1v) is 4.54. The first-order valence-electron chi connectivity index (χ1n) is 4.54. The summed E-state index contributed by atoms with van der Waals surface area (Å²) in [6, 6.07) is 5.68. The van der Waals surface area contributed by atoms with Crippen molar-refractivity contribution in [3.63, 3.8) is 0 Å². The highest BCUT2D eigenvalue weighted by atomic mass is 16.1. The molecular weight excluding hydrogens is 190 g/mol. The van der Waals surface area contributed by atoms with Crippen LogP contribution in [0.3, 0.4) is 0 Å². The summed E-state index contributed by atoms with van der Waals surface area (Å²) in [7, 11) is 0. The van der Waals surface area contributed by atoms with Crippen LogP contribution < -0.4 is 11.5 Å². The SMILES string of the molecule is Cc1ccc2c(N)c(C(N)=O)cnc2c1. The van der Waals surface area contributed by atoms with Crippen LogP contribution >= 0.6 is 0 Å². The van der Waals surface area contributed by atoms with Gasteiger partial charge in [0, 0.05) is 11.6 Å². The normalized spacial score (nSPS) is 10.5. The number of nitrogen functional groups attached to an aromatic ring is 1. The maximum absolute atomic E-state index is 11.0. The molecule has 1 amide bonds. The van der Waals surface area contributed by atoms with E-state index in [9.17, 15) is 4.79 Å². The quantitative estimate of drug-likeness (QED) is 0.727. The number of carbonyl (C=O) groups excluding carboxylic acids is 1. The molecule has 0 radical (unpaired) electrons. The van der Waals surface area contributed by atoms with E-state index < -0.39 is 5.91 Å². The van der Waals surface area contributed by atoms with Crippen LogP contribution in [0.5, 0.6) is 0 Å². The Morgan fingerprint density at radius 3 is 2.80 bits per heavy atom. The van der Waals surface area contributed by atoms with Gasteiger partial charge in [0.15, 0.2) is 0 Å². The molecule has 0 saturated heterocycles. The fourth-order valence-corrected chi connectivity index (χ4v) is 1.52. The number of benzene rings is 1. The van der Waals surface area contributed by atoms with E-state index in [1.54, 1.807) is 0 Å². The number of aryl methyl sites for hydroxylation is 1. The number of primary amides is 1. The third kappa shape index (κ3) is 1.50. The molecule has 2 rings (SSSR count). The molecule has 1 aromatic heterocycles. The average molecular weight is 201 g/mol. The zero-order valence-electron chi connectivity index (χ0n) is 8.32. The van der Waals surface area contributed by atoms with E-state index in [1.807, 2.05) is 25.1 Å². The van der Waals surface area contributed by atoms with Gasteiger partial charge in [0.05, 0.1) is 16.8 Å². The second kappa shape index (κ2) is 3.24. The van der Waals surface area contributed by atoms with Gasteiger partial charge in [0.1, 0.15) is 0 Å². The number of rotatable bonds is 1. The van der Waals surface area contributed by atoms with Gasteiger partial charge in [-0.3, -0.25) is 9.78 Å². The van der Waals surface area contributed by atoms with Crippen molar-refractivity contribution in [1.29, 1.82) is 0 Å². The van der Waals surface area contributed by atoms with Gasteiger partial charge in [0.2, 0.25) is 0 Å². The van der Waals surface area contributed by atoms with Gasteiger partial charge in [-0.1, -0.05) is 12.1 Å². The maximum Gasteiger partial charge on any atom is 0.252 e. The molecule has 0 atom stereocenters. The summed E-state index contributed by atoms with van der Waals surface area (Å²) >= 11 is 0. The van der Waals surface area contributed by atoms with Crippen molar-refractivity contribution in [2.45, 2.75) is 6.92 Å². The van der Waals surface area contributed by atoms with Crippen molar-refractivity contribution in [3.8, 4) is 0 Å². The molecule has 0 bridgehead atoms. The molecule has 0 unspecified atom stereocenters. The van der Waals surface area contributed by atoms with Crippen molar-refractivity contribution < 1.29 is 4.79 Å². The molecule has 0 aliphatic heterocycles. The zero-order chi connectivity index (χ0) is 11.0. The van der Waals surface area contributed by atoms with E-state index in [4.69, 9.17) is 11.5 Å². The van der Waals surface area contributed by atoms with Crippen LogP contribution in [0.25, 0.3) is 10.9 Å². The van der Waals surface area contributed by atoms with E-state index in [1.165, 1.54) is 6.20 Å². The van der Waals surface area contributed by atoms with Crippen molar-refractivity contribution in [1.82, 2.24) is 4.98 Å². The van der Waals surface area contributed by atoms with Crippen molar-refractivity contribution in [2.24, 2.45) is 5.73 Å². The average Bonchev–Trinajstić information content (AvgIpc) is 2.17. The third-order valence-electron chi connectivity index (χ3n) is 2.33. The lowest BCUT2D eigenvalue weighted by molar-refractivity contribution is 0.100. The number of anilines is 1. The minimum atomic E-state index is -0.553. The number of hydrogen-bond donors (Lipinski definition) is 2. The van der Waals surface area contributed by atoms with Gasteiger partial charge >= 0.3 is 0 Å². The molecule has 0 spiro atoms. The second-order valence-electron chi connectivity index (χ2n) is 3.47. The number of nitrogens with zero attached hydrogens (tertiary/aromatic N) is 1. The van der Waals surface area contributed by atoms with Crippen LogP contribution in [0.15, 0.2) is 24.4 Å². The number of aromatic nitrogens is 1. The standard InChI is InChI=1S/C11H11N3O/c1-6-2-3-7-9(4-6)14-5-8(10(7)12)11(13)15/h2-5H,1H3,(H2,12,14)(H2,13,15). The Kier molecular flexibility index (Phi) is 2.04. The maximum atomic E-state index is 11.0. The summed E-state index contributed by atoms with van der Waals surface area (Å²) in [5.74, 6) is -0.553. The molecule has 76 valence electrons. The first kappa shape index (κ1) is 9.45. The lowest BCUT2D eigenvalue weighted by Gasteiger charge is -2.05. The summed E-state index contributed by atoms with van der Waals surface area (Å²) in [5, 5.41) is 0.761. The van der Waals surface area contributed by atoms with Crippen molar-refractivity contribution >= 4 is 22.5 Å². The lowest BCUT2D eigenvalue weighted by Crippen LogP contribution is -2.14. The predicted molar refractivity (Wildman–Crippen MR) is 59.4 cm³/mol. The number of fused-ring (bicyclic) bond motifs is 1. The molecule has 15 heavy (non-hydrogen) atoms. The predicted octanol–water partition coefficient (Wildman–Crippen LogP) is 1.22. The molecule has 4 N–H and O–H groups in total. The van der Waals surface area contributed by atoms with Crippen LogP contribution in [-0.2, 0) is 0 Å². The first-order chi connectivity index (χ1) is 7.09. The van der Waals surface area contributed by atoms with Crippen molar-refractivity contribution in [3.05, 3.63) is 35.5 Å². The van der Waals surface area contributed by atoms with E-state index in [0.717, 1.165) is 16.5 Å². The smallest absolute Gasteiger partial charge is 0.252 e. The minimum absolute atomic E-state index is 0.270. The molecule has 0 aliphatic carbocycles. The summed E-state index contributed by atoms with van der Waals surface area (Å²) in [6.07, 6.45) is 1.42. The summed E-state index contributed by atoms with van der Waals surface area (Å²) in [6.45, 7) is 1.97. The van der Waals surface area contributed by atoms with Crippen LogP contribution in [0.1, 0.15) is 15.9 Å². The Hall–Kier alpha value is -2.10. The van der Waals surface area contributed by atoms with Crippen LogP contribution in [0.2, 0.25) is 0 Å². The number of amides is 1.